The van der Waals surface area contributed by atoms with Crippen LogP contribution < -0.4 is 16.8 Å². The predicted molar refractivity (Wildman–Crippen MR) is 86.3 cm³/mol. The van der Waals surface area contributed by atoms with Crippen LogP contribution in [0.5, 0.6) is 0 Å². The van der Waals surface area contributed by atoms with E-state index < -0.39 is 5.76 Å². The molecule has 0 spiro atoms. The molecule has 0 aliphatic rings. The molecule has 11 heteroatoms. The predicted octanol–water partition coefficient (Wildman–Crippen LogP) is 2.08. The van der Waals surface area contributed by atoms with E-state index in [0.717, 1.165) is 11.8 Å². The molecular formula is C12H12F2N6OS2. The number of carbonyl (C=O) groups is 1. The van der Waals surface area contributed by atoms with Crippen LogP contribution in [0.25, 0.3) is 0 Å². The number of hydrogen-bond acceptors (Lipinski definition) is 8. The van der Waals surface area contributed by atoms with E-state index >= 15 is 0 Å². The van der Waals surface area contributed by atoms with Crippen molar-refractivity contribution in [1.29, 1.82) is 0 Å². The molecule has 0 atom stereocenters. The second-order valence-corrected chi connectivity index (χ2v) is 6.08. The fourth-order valence-electron chi connectivity index (χ4n) is 1.50. The zero-order valence-corrected chi connectivity index (χ0v) is 13.2. The molecule has 0 saturated carbocycles. The van der Waals surface area contributed by atoms with Gasteiger partial charge in [-0.15, -0.1) is 0 Å². The molecule has 0 aliphatic heterocycles. The first-order chi connectivity index (χ1) is 10.9. The van der Waals surface area contributed by atoms with Gasteiger partial charge in [0.25, 0.3) is 5.76 Å². The maximum absolute atomic E-state index is 12.2. The van der Waals surface area contributed by atoms with Crippen LogP contribution in [0, 0.1) is 0 Å². The molecule has 23 heavy (non-hydrogen) atoms. The van der Waals surface area contributed by atoms with Crippen LogP contribution in [0.4, 0.5) is 26.4 Å². The van der Waals surface area contributed by atoms with Gasteiger partial charge in [0.15, 0.2) is 5.16 Å². The fourth-order valence-corrected chi connectivity index (χ4v) is 2.65. The molecule has 0 radical (unpaired) electrons. The fraction of sp³-hybridized carbons (Fsp3) is 0.167. The summed E-state index contributed by atoms with van der Waals surface area (Å²) in [5, 5.41) is 2.88. The van der Waals surface area contributed by atoms with Gasteiger partial charge < -0.3 is 16.8 Å². The summed E-state index contributed by atoms with van der Waals surface area (Å²) in [4.78, 5) is 23.5. The number of hydrogen-bond donors (Lipinski definition) is 3. The van der Waals surface area contributed by atoms with E-state index in [9.17, 15) is 13.6 Å². The summed E-state index contributed by atoms with van der Waals surface area (Å²) in [6.45, 7) is 0. The van der Waals surface area contributed by atoms with Crippen LogP contribution in [-0.2, 0) is 4.79 Å². The van der Waals surface area contributed by atoms with Gasteiger partial charge in [-0.05, 0) is 24.3 Å². The van der Waals surface area contributed by atoms with Crippen LogP contribution in [0.2, 0.25) is 0 Å². The third-order valence-electron chi connectivity index (χ3n) is 2.35. The average Bonchev–Trinajstić information content (AvgIpc) is 2.46. The lowest BCUT2D eigenvalue weighted by atomic mass is 10.3. The normalized spacial score (nSPS) is 10.7. The number of amides is 1. The van der Waals surface area contributed by atoms with Gasteiger partial charge in [-0.2, -0.15) is 23.7 Å². The highest BCUT2D eigenvalue weighted by Gasteiger charge is 2.09. The van der Waals surface area contributed by atoms with Crippen molar-refractivity contribution in [2.24, 2.45) is 0 Å². The molecule has 1 aromatic carbocycles. The Morgan fingerprint density at radius 2 is 1.74 bits per heavy atom. The number of benzene rings is 1. The third-order valence-corrected chi connectivity index (χ3v) is 3.91. The molecule has 0 unspecified atom stereocenters. The van der Waals surface area contributed by atoms with Gasteiger partial charge in [0.05, 0.1) is 5.75 Å². The highest BCUT2D eigenvalue weighted by Crippen LogP contribution is 2.26. The number of nitrogens with one attached hydrogen (secondary N) is 1. The summed E-state index contributed by atoms with van der Waals surface area (Å²) in [5.74, 6) is -2.79. The molecule has 0 fully saturated rings. The summed E-state index contributed by atoms with van der Waals surface area (Å²) in [6.07, 6.45) is 0. The number of carbonyl (C=O) groups excluding carboxylic acids is 1. The van der Waals surface area contributed by atoms with Gasteiger partial charge in [0.1, 0.15) is 0 Å². The lowest BCUT2D eigenvalue weighted by Crippen LogP contribution is -2.14. The number of nitrogens with zero attached hydrogens (tertiary/aromatic N) is 3. The summed E-state index contributed by atoms with van der Waals surface area (Å²) >= 11 is 1.49. The molecule has 5 N–H and O–H groups in total. The van der Waals surface area contributed by atoms with E-state index in [2.05, 4.69) is 20.3 Å². The van der Waals surface area contributed by atoms with Gasteiger partial charge >= 0.3 is 0 Å². The Kier molecular flexibility index (Phi) is 5.93. The number of anilines is 3. The van der Waals surface area contributed by atoms with E-state index in [0.29, 0.717) is 22.3 Å². The van der Waals surface area contributed by atoms with Crippen molar-refractivity contribution >= 4 is 47.0 Å². The van der Waals surface area contributed by atoms with E-state index in [1.807, 2.05) is 0 Å². The lowest BCUT2D eigenvalue weighted by molar-refractivity contribution is -0.113. The first-order valence-electron chi connectivity index (χ1n) is 6.17. The Hall–Kier alpha value is -2.14. The van der Waals surface area contributed by atoms with Gasteiger partial charge in [0, 0.05) is 10.6 Å². The van der Waals surface area contributed by atoms with Crippen LogP contribution in [0.15, 0.2) is 34.3 Å². The molecular weight excluding hydrogens is 346 g/mol. The smallest absolute Gasteiger partial charge is 0.288 e. The van der Waals surface area contributed by atoms with Crippen LogP contribution in [-0.4, -0.2) is 32.4 Å². The van der Waals surface area contributed by atoms with Crippen molar-refractivity contribution in [3.05, 3.63) is 24.3 Å². The highest BCUT2D eigenvalue weighted by molar-refractivity contribution is 8.00. The number of alkyl halides is 2. The number of nitrogens with two attached hydrogens (primary N) is 2. The number of thioether (sulfide) groups is 2. The maximum atomic E-state index is 12.2. The van der Waals surface area contributed by atoms with E-state index in [4.69, 9.17) is 11.5 Å². The maximum Gasteiger partial charge on any atom is 0.288 e. The second kappa shape index (κ2) is 7.92. The molecule has 0 bridgehead atoms. The third kappa shape index (κ3) is 5.87. The van der Waals surface area contributed by atoms with Gasteiger partial charge in [-0.1, -0.05) is 23.5 Å². The van der Waals surface area contributed by atoms with E-state index in [1.165, 1.54) is 12.1 Å². The molecule has 1 heterocycles. The Labute approximate surface area is 138 Å². The molecule has 0 aliphatic carbocycles. The van der Waals surface area contributed by atoms with Crippen LogP contribution in [0.3, 0.4) is 0 Å². The number of nitrogen functional groups attached to an aromatic ring is 2. The minimum atomic E-state index is -2.48. The van der Waals surface area contributed by atoms with Crippen molar-refractivity contribution in [2.75, 3.05) is 22.5 Å². The molecule has 1 amide bonds. The number of halogens is 2. The standard InChI is InChI=1S/C12H12F2N6OS2/c13-9(14)23-7-3-1-6(2-4-7)17-8(21)5-22-12-19-10(15)18-11(16)20-12/h1-4,9H,5H2,(H,17,21)(H4,15,16,18,19,20). The largest absolute Gasteiger partial charge is 0.368 e. The molecule has 0 saturated heterocycles. The number of rotatable bonds is 6. The van der Waals surface area contributed by atoms with Crippen molar-refractivity contribution in [2.45, 2.75) is 15.8 Å². The minimum Gasteiger partial charge on any atom is -0.368 e. The molecule has 1 aromatic heterocycles. The molecule has 2 rings (SSSR count). The quantitative estimate of drug-likeness (QED) is 0.671. The average molecular weight is 358 g/mol. The topological polar surface area (TPSA) is 120 Å². The Balaban J connectivity index is 1.87. The highest BCUT2D eigenvalue weighted by atomic mass is 32.2. The van der Waals surface area contributed by atoms with Crippen molar-refractivity contribution in [3.8, 4) is 0 Å². The van der Waals surface area contributed by atoms with E-state index in [-0.39, 0.29) is 28.7 Å². The van der Waals surface area contributed by atoms with Gasteiger partial charge in [0.2, 0.25) is 17.8 Å². The summed E-state index contributed by atoms with van der Waals surface area (Å²) in [7, 11) is 0. The van der Waals surface area contributed by atoms with Crippen LogP contribution >= 0.6 is 23.5 Å². The lowest BCUT2D eigenvalue weighted by Gasteiger charge is -2.06. The van der Waals surface area contributed by atoms with Crippen molar-refractivity contribution in [1.82, 2.24) is 15.0 Å². The van der Waals surface area contributed by atoms with Crippen molar-refractivity contribution < 1.29 is 13.6 Å². The monoisotopic (exact) mass is 358 g/mol. The van der Waals surface area contributed by atoms with E-state index in [1.54, 1.807) is 12.1 Å². The number of aromatic nitrogens is 3. The first kappa shape index (κ1) is 17.2. The SMILES string of the molecule is Nc1nc(N)nc(SCC(=O)Nc2ccc(SC(F)F)cc2)n1. The van der Waals surface area contributed by atoms with Crippen molar-refractivity contribution in [3.63, 3.8) is 0 Å². The first-order valence-corrected chi connectivity index (χ1v) is 8.03. The zero-order chi connectivity index (χ0) is 16.8. The summed E-state index contributed by atoms with van der Waals surface area (Å²) in [6, 6.07) is 6.11. The summed E-state index contributed by atoms with van der Waals surface area (Å²) < 4.78 is 24.4. The molecule has 7 nitrogen and oxygen atoms in total. The van der Waals surface area contributed by atoms with Crippen LogP contribution in [0.1, 0.15) is 0 Å². The van der Waals surface area contributed by atoms with Gasteiger partial charge in [-0.25, -0.2) is 0 Å². The summed E-state index contributed by atoms with van der Waals surface area (Å²) in [5.41, 5.74) is 11.4. The zero-order valence-electron chi connectivity index (χ0n) is 11.6. The Bertz CT molecular complexity index is 666. The Morgan fingerprint density at radius 3 is 2.30 bits per heavy atom. The second-order valence-electron chi connectivity index (χ2n) is 4.07. The molecule has 2 aromatic rings. The van der Waals surface area contributed by atoms with Gasteiger partial charge in [-0.3, -0.25) is 4.79 Å². The molecule has 122 valence electrons. The Morgan fingerprint density at radius 1 is 1.13 bits per heavy atom. The minimum absolute atomic E-state index is 0.0208.